The first-order valence-electron chi connectivity index (χ1n) is 10.2. The van der Waals surface area contributed by atoms with E-state index >= 15 is 0 Å². The topological polar surface area (TPSA) is 43.4 Å². The van der Waals surface area contributed by atoms with Gasteiger partial charge in [-0.25, -0.2) is 0 Å². The van der Waals surface area contributed by atoms with Crippen molar-refractivity contribution in [1.29, 1.82) is 0 Å². The minimum atomic E-state index is -3.94. The number of hydrogen-bond acceptors (Lipinski definition) is 3. The van der Waals surface area contributed by atoms with Gasteiger partial charge in [0, 0.05) is 0 Å². The van der Waals surface area contributed by atoms with Crippen LogP contribution in [0.15, 0.2) is 114 Å². The second-order valence-corrected chi connectivity index (χ2v) is 13.8. The summed E-state index contributed by atoms with van der Waals surface area (Å²) >= 11 is -2.88. The number of benzene rings is 5. The normalized spacial score (nSPS) is 12.2. The van der Waals surface area contributed by atoms with Gasteiger partial charge in [0.25, 0.3) is 0 Å². The van der Waals surface area contributed by atoms with Crippen LogP contribution in [0.25, 0.3) is 21.5 Å². The van der Waals surface area contributed by atoms with E-state index < -0.39 is 30.4 Å². The summed E-state index contributed by atoms with van der Waals surface area (Å²) < 4.78 is 34.9. The second-order valence-electron chi connectivity index (χ2n) is 7.50. The van der Waals surface area contributed by atoms with E-state index in [-0.39, 0.29) is 4.90 Å². The summed E-state index contributed by atoms with van der Waals surface area (Å²) in [5, 5.41) is 4.22. The van der Waals surface area contributed by atoms with E-state index in [0.29, 0.717) is 0 Å². The third-order valence-corrected chi connectivity index (χ3v) is 12.9. The number of fused-ring (bicyclic) bond motifs is 2. The van der Waals surface area contributed by atoms with Crippen LogP contribution in [0.3, 0.4) is 0 Å². The van der Waals surface area contributed by atoms with Crippen molar-refractivity contribution in [2.75, 3.05) is 0 Å². The summed E-state index contributed by atoms with van der Waals surface area (Å²) in [5.41, 5.74) is 1.00. The van der Waals surface area contributed by atoms with Crippen molar-refractivity contribution >= 4 is 51.9 Å². The van der Waals surface area contributed by atoms with Crippen molar-refractivity contribution in [1.82, 2.24) is 0 Å². The predicted octanol–water partition coefficient (Wildman–Crippen LogP) is 7.17. The van der Waals surface area contributed by atoms with E-state index in [2.05, 4.69) is 0 Å². The van der Waals surface area contributed by atoms with Gasteiger partial charge in [0.2, 0.25) is 0 Å². The molecule has 0 aliphatic carbocycles. The van der Waals surface area contributed by atoms with Gasteiger partial charge in [0.15, 0.2) is 0 Å². The van der Waals surface area contributed by atoms with Crippen LogP contribution in [0.4, 0.5) is 0 Å². The van der Waals surface area contributed by atoms with Gasteiger partial charge in [-0.1, -0.05) is 0 Å². The van der Waals surface area contributed by atoms with Crippen LogP contribution >= 0.6 is 20.2 Å². The first-order chi connectivity index (χ1) is 15.5. The van der Waals surface area contributed by atoms with E-state index in [1.165, 1.54) is 0 Å². The van der Waals surface area contributed by atoms with Crippen LogP contribution in [0.5, 0.6) is 0 Å². The van der Waals surface area contributed by atoms with Crippen LogP contribution in [0.2, 0.25) is 0 Å². The Morgan fingerprint density at radius 1 is 0.594 bits per heavy atom. The van der Waals surface area contributed by atoms with Gasteiger partial charge in [-0.05, 0) is 0 Å². The Hall–Kier alpha value is -2.74. The number of hydrogen-bond donors (Lipinski definition) is 0. The first-order valence-corrected chi connectivity index (χ1v) is 14.6. The van der Waals surface area contributed by atoms with Gasteiger partial charge in [-0.2, -0.15) is 0 Å². The molecule has 0 bridgehead atoms. The van der Waals surface area contributed by atoms with E-state index in [9.17, 15) is 8.42 Å². The molecule has 5 aromatic rings. The van der Waals surface area contributed by atoms with Crippen molar-refractivity contribution in [3.05, 3.63) is 122 Å². The molecule has 0 atom stereocenters. The summed E-state index contributed by atoms with van der Waals surface area (Å²) in [5.74, 6) is 0. The maximum absolute atomic E-state index is 13.4. The molecule has 0 N–H and O–H groups in total. The number of aryl methyl sites for hydroxylation is 1. The first kappa shape index (κ1) is 21.1. The van der Waals surface area contributed by atoms with E-state index in [1.807, 2.05) is 91.9 Å². The van der Waals surface area contributed by atoms with Gasteiger partial charge in [0.1, 0.15) is 0 Å². The average molecular weight is 552 g/mol. The van der Waals surface area contributed by atoms with E-state index in [1.54, 1.807) is 24.3 Å². The van der Waals surface area contributed by atoms with Crippen LogP contribution < -0.4 is 0 Å². The van der Waals surface area contributed by atoms with E-state index in [4.69, 9.17) is 2.51 Å². The molecule has 160 valence electrons. The molecule has 0 aliphatic rings. The molecule has 0 saturated carbocycles. The predicted molar refractivity (Wildman–Crippen MR) is 139 cm³/mol. The standard InChI is InChI=1S/C27H21IO3S/c1-20-16-18-23(19-17-20)32(29,30)31-28(26-14-6-10-21-8-2-4-12-24(21)26)27-15-7-11-22-9-3-5-13-25(22)27/h2-19H,1H3. The third-order valence-electron chi connectivity index (χ3n) is 5.30. The van der Waals surface area contributed by atoms with Crippen molar-refractivity contribution in [2.24, 2.45) is 0 Å². The van der Waals surface area contributed by atoms with E-state index in [0.717, 1.165) is 34.2 Å². The number of halogens is 1. The van der Waals surface area contributed by atoms with Crippen LogP contribution in [0.1, 0.15) is 5.56 Å². The molecule has 0 radical (unpaired) electrons. The molecular weight excluding hydrogens is 531 g/mol. The SMILES string of the molecule is Cc1ccc(S(=O)(=O)OI(c2cccc3ccccc23)c2cccc3ccccc23)cc1. The second kappa shape index (κ2) is 8.65. The third kappa shape index (κ3) is 4.03. The van der Waals surface area contributed by atoms with Crippen molar-refractivity contribution in [3.8, 4) is 0 Å². The zero-order valence-electron chi connectivity index (χ0n) is 17.4. The summed E-state index contributed by atoms with van der Waals surface area (Å²) in [6.45, 7) is 1.93. The molecule has 0 saturated heterocycles. The van der Waals surface area contributed by atoms with Crippen molar-refractivity contribution in [3.63, 3.8) is 0 Å². The fraction of sp³-hybridized carbons (Fsp3) is 0.0370. The van der Waals surface area contributed by atoms with Gasteiger partial charge in [0.05, 0.1) is 0 Å². The molecule has 0 spiro atoms. The Bertz CT molecular complexity index is 1440. The van der Waals surface area contributed by atoms with Crippen molar-refractivity contribution in [2.45, 2.75) is 11.8 Å². The molecule has 32 heavy (non-hydrogen) atoms. The number of rotatable bonds is 5. The maximum atomic E-state index is 13.4. The molecule has 0 heterocycles. The zero-order chi connectivity index (χ0) is 22.1. The monoisotopic (exact) mass is 552 g/mol. The average Bonchev–Trinajstić information content (AvgIpc) is 2.82. The van der Waals surface area contributed by atoms with Gasteiger partial charge in [-0.15, -0.1) is 0 Å². The molecule has 0 fully saturated rings. The Balaban J connectivity index is 1.73. The summed E-state index contributed by atoms with van der Waals surface area (Å²) in [7, 11) is -3.94. The Morgan fingerprint density at radius 2 is 1.06 bits per heavy atom. The Kier molecular flexibility index (Phi) is 5.71. The molecule has 3 nitrogen and oxygen atoms in total. The Labute approximate surface area is 195 Å². The molecular formula is C27H21IO3S. The quantitative estimate of drug-likeness (QED) is 0.217. The van der Waals surface area contributed by atoms with Crippen molar-refractivity contribution < 1.29 is 10.9 Å². The van der Waals surface area contributed by atoms with Gasteiger partial charge in [-0.3, -0.25) is 0 Å². The molecule has 0 aliphatic heterocycles. The molecule has 0 amide bonds. The molecule has 5 heteroatoms. The summed E-state index contributed by atoms with van der Waals surface area (Å²) in [6.07, 6.45) is 0. The van der Waals surface area contributed by atoms with Crippen LogP contribution in [-0.2, 0) is 12.6 Å². The van der Waals surface area contributed by atoms with Gasteiger partial charge >= 0.3 is 197 Å². The fourth-order valence-electron chi connectivity index (χ4n) is 3.67. The molecule has 0 aromatic heterocycles. The van der Waals surface area contributed by atoms with Crippen LogP contribution in [-0.4, -0.2) is 8.42 Å². The molecule has 0 unspecified atom stereocenters. The Morgan fingerprint density at radius 3 is 1.59 bits per heavy atom. The molecule has 5 rings (SSSR count). The summed E-state index contributed by atoms with van der Waals surface area (Å²) in [6, 6.07) is 35.0. The fourth-order valence-corrected chi connectivity index (χ4v) is 11.5. The van der Waals surface area contributed by atoms with Crippen LogP contribution in [0, 0.1) is 14.1 Å². The van der Waals surface area contributed by atoms with Gasteiger partial charge < -0.3 is 0 Å². The zero-order valence-corrected chi connectivity index (χ0v) is 20.4. The minimum absolute atomic E-state index is 0.186. The summed E-state index contributed by atoms with van der Waals surface area (Å²) in [4.78, 5) is 0.186. The molecule has 5 aromatic carbocycles.